The van der Waals surface area contributed by atoms with E-state index >= 15 is 0 Å². The smallest absolute Gasteiger partial charge is 0.266 e. The summed E-state index contributed by atoms with van der Waals surface area (Å²) in [5, 5.41) is 19.3. The van der Waals surface area contributed by atoms with Crippen molar-refractivity contribution < 1.29 is 18.7 Å². The first-order chi connectivity index (χ1) is 16.3. The summed E-state index contributed by atoms with van der Waals surface area (Å²) in [4.78, 5) is 18.8. The number of hydrogen-bond acceptors (Lipinski definition) is 5. The molecule has 2 aromatic rings. The fourth-order valence-corrected chi connectivity index (χ4v) is 7.41. The number of alkyl halides is 2. The molecule has 5 rings (SSSR count). The quantitative estimate of drug-likeness (QED) is 0.671. The van der Waals surface area contributed by atoms with Gasteiger partial charge in [0.1, 0.15) is 23.2 Å². The number of fused-ring (bicyclic) bond motifs is 4. The molecule has 3 aliphatic carbocycles. The second-order valence-corrected chi connectivity index (χ2v) is 11.2. The molecule has 0 spiro atoms. The Kier molecular flexibility index (Phi) is 6.70. The van der Waals surface area contributed by atoms with Gasteiger partial charge in [-0.05, 0) is 93.4 Å². The van der Waals surface area contributed by atoms with Crippen molar-refractivity contribution >= 4 is 16.8 Å². The molecule has 0 saturated heterocycles. The van der Waals surface area contributed by atoms with E-state index in [1.165, 1.54) is 4.80 Å². The van der Waals surface area contributed by atoms with Gasteiger partial charge in [0.05, 0.1) is 6.20 Å². The summed E-state index contributed by atoms with van der Waals surface area (Å²) in [6.45, 7) is 2.51. The van der Waals surface area contributed by atoms with Crippen LogP contribution in [0, 0.1) is 35.5 Å². The van der Waals surface area contributed by atoms with Gasteiger partial charge < -0.3 is 5.11 Å². The third-order valence-electron chi connectivity index (χ3n) is 9.28. The Bertz CT molecular complexity index is 981. The van der Waals surface area contributed by atoms with E-state index in [0.717, 1.165) is 50.5 Å². The summed E-state index contributed by atoms with van der Waals surface area (Å²) < 4.78 is 26.9. The van der Waals surface area contributed by atoms with Crippen LogP contribution >= 0.6 is 0 Å². The summed E-state index contributed by atoms with van der Waals surface area (Å²) >= 11 is 0. The van der Waals surface area contributed by atoms with Gasteiger partial charge in [-0.15, -0.1) is 0 Å². The van der Waals surface area contributed by atoms with E-state index in [1.54, 1.807) is 18.5 Å². The van der Waals surface area contributed by atoms with Gasteiger partial charge in [-0.3, -0.25) is 9.78 Å². The fraction of sp³-hybridized carbons (Fsp3) is 0.769. The predicted octanol–water partition coefficient (Wildman–Crippen LogP) is 5.05. The number of nitrogens with zero attached hydrogens (tertiary/aromatic N) is 4. The minimum atomic E-state index is -2.66. The standard InChI is InChI=1S/C26H36F2N4O2/c1-16-5-6-17(24(33)15-32-30-22-10-12-29-14-23(22)31-32)3-2-4-21-19(16)8-7-18-13-26(34,25(27)28)11-9-20(18)21/h10,12,14,16-21,25,34H,2-9,11,13,15H2,1H3/t16-,17+,18+,19-,20-,21-,26+/m0/s1. The largest absolute Gasteiger partial charge is 0.384 e. The molecule has 0 unspecified atom stereocenters. The molecule has 2 aromatic heterocycles. The first-order valence-electron chi connectivity index (χ1n) is 13.0. The predicted molar refractivity (Wildman–Crippen MR) is 124 cm³/mol. The van der Waals surface area contributed by atoms with Crippen LogP contribution in [0.15, 0.2) is 18.5 Å². The molecule has 1 N–H and O–H groups in total. The maximum atomic E-state index is 13.5. The highest BCUT2D eigenvalue weighted by Gasteiger charge is 2.50. The van der Waals surface area contributed by atoms with Crippen LogP contribution in [0.5, 0.6) is 0 Å². The van der Waals surface area contributed by atoms with Crippen LogP contribution in [0.1, 0.15) is 71.1 Å². The molecular weight excluding hydrogens is 438 g/mol. The summed E-state index contributed by atoms with van der Waals surface area (Å²) in [7, 11) is 0. The number of Topliss-reactive ketones (excluding diaryl/α,β-unsaturated/α-hetero) is 1. The van der Waals surface area contributed by atoms with Crippen molar-refractivity contribution in [2.75, 3.05) is 0 Å². The summed E-state index contributed by atoms with van der Waals surface area (Å²) in [5.74, 6) is 2.49. The Morgan fingerprint density at radius 1 is 1.09 bits per heavy atom. The normalized spacial score (nSPS) is 36.9. The van der Waals surface area contributed by atoms with Gasteiger partial charge in [-0.2, -0.15) is 15.0 Å². The zero-order valence-corrected chi connectivity index (χ0v) is 20.0. The van der Waals surface area contributed by atoms with Crippen LogP contribution < -0.4 is 0 Å². The van der Waals surface area contributed by atoms with Crippen molar-refractivity contribution in [3.63, 3.8) is 0 Å². The van der Waals surface area contributed by atoms with Crippen molar-refractivity contribution in [1.82, 2.24) is 20.0 Å². The molecule has 8 heteroatoms. The molecule has 3 aliphatic rings. The summed E-state index contributed by atoms with van der Waals surface area (Å²) in [6, 6.07) is 1.80. The Morgan fingerprint density at radius 3 is 2.71 bits per heavy atom. The first-order valence-corrected chi connectivity index (χ1v) is 13.0. The average molecular weight is 475 g/mol. The molecule has 0 amide bonds. The fourth-order valence-electron chi connectivity index (χ4n) is 7.41. The first kappa shape index (κ1) is 23.8. The monoisotopic (exact) mass is 474 g/mol. The average Bonchev–Trinajstić information content (AvgIpc) is 3.25. The molecule has 0 radical (unpaired) electrons. The Hall–Kier alpha value is -1.96. The molecule has 0 aliphatic heterocycles. The minimum absolute atomic E-state index is 0.0147. The molecule has 0 aromatic carbocycles. The van der Waals surface area contributed by atoms with Crippen LogP contribution in [0.25, 0.3) is 11.0 Å². The molecule has 2 heterocycles. The third kappa shape index (κ3) is 4.62. The second-order valence-electron chi connectivity index (χ2n) is 11.2. The molecule has 0 bridgehead atoms. The molecule has 34 heavy (non-hydrogen) atoms. The van der Waals surface area contributed by atoms with E-state index < -0.39 is 12.0 Å². The zero-order valence-electron chi connectivity index (χ0n) is 20.0. The van der Waals surface area contributed by atoms with Crippen LogP contribution in [0.4, 0.5) is 8.78 Å². The van der Waals surface area contributed by atoms with Crippen molar-refractivity contribution in [3.8, 4) is 0 Å². The van der Waals surface area contributed by atoms with Crippen molar-refractivity contribution in [3.05, 3.63) is 18.5 Å². The van der Waals surface area contributed by atoms with E-state index in [2.05, 4.69) is 22.1 Å². The van der Waals surface area contributed by atoms with Gasteiger partial charge in [0, 0.05) is 12.1 Å². The van der Waals surface area contributed by atoms with Gasteiger partial charge >= 0.3 is 0 Å². The molecule has 6 nitrogen and oxygen atoms in total. The number of carbonyl (C=O) groups excluding carboxylic acids is 1. The maximum Gasteiger partial charge on any atom is 0.266 e. The van der Waals surface area contributed by atoms with Gasteiger partial charge in [0.2, 0.25) is 0 Å². The molecule has 7 atom stereocenters. The number of aromatic nitrogens is 4. The van der Waals surface area contributed by atoms with Gasteiger partial charge in [-0.25, -0.2) is 8.78 Å². The third-order valence-corrected chi connectivity index (χ3v) is 9.28. The second kappa shape index (κ2) is 9.59. The van der Waals surface area contributed by atoms with Gasteiger partial charge in [0.25, 0.3) is 6.43 Å². The number of aliphatic hydroxyl groups is 1. The van der Waals surface area contributed by atoms with E-state index in [4.69, 9.17) is 0 Å². The number of hydrogen-bond donors (Lipinski definition) is 1. The molecule has 3 fully saturated rings. The molecule has 3 saturated carbocycles. The maximum absolute atomic E-state index is 13.5. The van der Waals surface area contributed by atoms with Crippen LogP contribution in [0.2, 0.25) is 0 Å². The highest BCUT2D eigenvalue weighted by Crippen LogP contribution is 2.54. The highest BCUT2D eigenvalue weighted by molar-refractivity contribution is 5.81. The lowest BCUT2D eigenvalue weighted by Crippen LogP contribution is -2.49. The van der Waals surface area contributed by atoms with E-state index in [9.17, 15) is 18.7 Å². The lowest BCUT2D eigenvalue weighted by atomic mass is 9.56. The Balaban J connectivity index is 1.25. The van der Waals surface area contributed by atoms with E-state index in [0.29, 0.717) is 35.6 Å². The summed E-state index contributed by atoms with van der Waals surface area (Å²) in [6.07, 6.45) is 8.68. The minimum Gasteiger partial charge on any atom is -0.384 e. The summed E-state index contributed by atoms with van der Waals surface area (Å²) in [5.41, 5.74) is -0.351. The Labute approximate surface area is 199 Å². The highest BCUT2D eigenvalue weighted by atomic mass is 19.3. The number of rotatable bonds is 4. The topological polar surface area (TPSA) is 80.9 Å². The van der Waals surface area contributed by atoms with E-state index in [-0.39, 0.29) is 37.0 Å². The Morgan fingerprint density at radius 2 is 1.91 bits per heavy atom. The lowest BCUT2D eigenvalue weighted by Gasteiger charge is -2.51. The zero-order chi connectivity index (χ0) is 23.9. The molecular formula is C26H36F2N4O2. The van der Waals surface area contributed by atoms with Crippen LogP contribution in [-0.2, 0) is 11.3 Å². The van der Waals surface area contributed by atoms with Gasteiger partial charge in [-0.1, -0.05) is 13.3 Å². The van der Waals surface area contributed by atoms with Crippen LogP contribution in [0.3, 0.4) is 0 Å². The van der Waals surface area contributed by atoms with E-state index in [1.807, 2.05) is 0 Å². The van der Waals surface area contributed by atoms with Crippen LogP contribution in [-0.4, -0.2) is 42.9 Å². The lowest BCUT2D eigenvalue weighted by molar-refractivity contribution is -0.151. The number of halogens is 2. The number of carbonyl (C=O) groups is 1. The van der Waals surface area contributed by atoms with Gasteiger partial charge in [0.15, 0.2) is 5.78 Å². The number of pyridine rings is 1. The number of ketones is 1. The molecule has 186 valence electrons. The van der Waals surface area contributed by atoms with Crippen molar-refractivity contribution in [2.45, 2.75) is 89.7 Å². The SMILES string of the molecule is C[C@H]1CC[C@H](C(=O)Cn2nc3ccncc3n2)CCC[C@H]2[C@H]1CC[C@@H]1C[C@@](O)(C(F)F)CC[C@@H]12. The van der Waals surface area contributed by atoms with Crippen molar-refractivity contribution in [2.24, 2.45) is 35.5 Å². The van der Waals surface area contributed by atoms with Crippen molar-refractivity contribution in [1.29, 1.82) is 0 Å².